The second kappa shape index (κ2) is 12.2. The molecule has 0 unspecified atom stereocenters. The summed E-state index contributed by atoms with van der Waals surface area (Å²) in [6.07, 6.45) is 17.6. The summed E-state index contributed by atoms with van der Waals surface area (Å²) in [5.41, 5.74) is 1.21. The van der Waals surface area contributed by atoms with Crippen LogP contribution in [0.2, 0.25) is 0 Å². The Kier molecular flexibility index (Phi) is 9.93. The van der Waals surface area contributed by atoms with E-state index in [0.717, 1.165) is 12.8 Å². The van der Waals surface area contributed by atoms with Crippen molar-refractivity contribution in [2.24, 2.45) is 5.92 Å². The maximum absolute atomic E-state index is 11.4. The molecule has 0 spiro atoms. The fraction of sp³-hybridized carbons (Fsp3) is 0.286. The molecule has 0 atom stereocenters. The van der Waals surface area contributed by atoms with E-state index in [4.69, 9.17) is 0 Å². The largest absolute Gasteiger partial charge is 0.352 e. The number of amides is 1. The van der Waals surface area contributed by atoms with Gasteiger partial charge in [-0.05, 0) is 24.3 Å². The monoisotopic (exact) mass is 309 g/mol. The second-order valence-electron chi connectivity index (χ2n) is 5.70. The fourth-order valence-electron chi connectivity index (χ4n) is 1.78. The molecule has 2 nitrogen and oxygen atoms in total. The van der Waals surface area contributed by atoms with Crippen LogP contribution in [0.3, 0.4) is 0 Å². The van der Waals surface area contributed by atoms with Gasteiger partial charge < -0.3 is 5.32 Å². The molecule has 1 N–H and O–H groups in total. The van der Waals surface area contributed by atoms with E-state index >= 15 is 0 Å². The highest BCUT2D eigenvalue weighted by atomic mass is 16.1. The maximum atomic E-state index is 11.4. The molecule has 23 heavy (non-hydrogen) atoms. The van der Waals surface area contributed by atoms with Gasteiger partial charge >= 0.3 is 0 Å². The van der Waals surface area contributed by atoms with Crippen molar-refractivity contribution in [3.8, 4) is 0 Å². The van der Waals surface area contributed by atoms with Crippen molar-refractivity contribution in [2.45, 2.75) is 26.7 Å². The van der Waals surface area contributed by atoms with Crippen LogP contribution in [0.25, 0.3) is 6.08 Å². The summed E-state index contributed by atoms with van der Waals surface area (Å²) in [5.74, 6) is 0.444. The Balaban J connectivity index is 2.13. The van der Waals surface area contributed by atoms with Gasteiger partial charge in [-0.25, -0.2) is 0 Å². The van der Waals surface area contributed by atoms with Crippen LogP contribution in [-0.2, 0) is 4.79 Å². The summed E-state index contributed by atoms with van der Waals surface area (Å²) in [6, 6.07) is 10.2. The molecular formula is C21H27NO. The van der Waals surface area contributed by atoms with Crippen molar-refractivity contribution < 1.29 is 4.79 Å². The highest BCUT2D eigenvalue weighted by Gasteiger charge is 1.95. The van der Waals surface area contributed by atoms with E-state index in [1.54, 1.807) is 12.2 Å². The zero-order valence-corrected chi connectivity index (χ0v) is 14.1. The summed E-state index contributed by atoms with van der Waals surface area (Å²) in [7, 11) is 0. The van der Waals surface area contributed by atoms with Gasteiger partial charge in [0.1, 0.15) is 0 Å². The van der Waals surface area contributed by atoms with Crippen molar-refractivity contribution in [3.63, 3.8) is 0 Å². The molecule has 122 valence electrons. The van der Waals surface area contributed by atoms with E-state index in [-0.39, 0.29) is 5.91 Å². The minimum Gasteiger partial charge on any atom is -0.352 e. The van der Waals surface area contributed by atoms with Gasteiger partial charge in [-0.1, -0.05) is 86.7 Å². The maximum Gasteiger partial charge on any atom is 0.243 e. The van der Waals surface area contributed by atoms with Crippen molar-refractivity contribution in [3.05, 3.63) is 78.4 Å². The molecule has 0 fully saturated rings. The SMILES string of the molecule is CC(C)CNC(=O)/C=C/C=C/CC/C=C/C=C/c1ccccc1. The Bertz CT molecular complexity index is 550. The molecule has 0 aliphatic rings. The lowest BCUT2D eigenvalue weighted by Gasteiger charge is -2.03. The lowest BCUT2D eigenvalue weighted by atomic mass is 10.2. The Morgan fingerprint density at radius 2 is 1.65 bits per heavy atom. The normalized spacial score (nSPS) is 12.3. The average molecular weight is 309 g/mol. The van der Waals surface area contributed by atoms with Gasteiger partial charge in [0.15, 0.2) is 0 Å². The molecule has 0 aliphatic carbocycles. The molecule has 0 bridgehead atoms. The zero-order valence-electron chi connectivity index (χ0n) is 14.1. The number of allylic oxidation sites excluding steroid dienone is 6. The van der Waals surface area contributed by atoms with Crippen LogP contribution in [0.5, 0.6) is 0 Å². The quantitative estimate of drug-likeness (QED) is 0.391. The number of rotatable bonds is 9. The zero-order chi connectivity index (χ0) is 16.8. The van der Waals surface area contributed by atoms with Gasteiger partial charge in [0.05, 0.1) is 0 Å². The molecule has 1 rings (SSSR count). The summed E-state index contributed by atoms with van der Waals surface area (Å²) in [6.45, 7) is 4.87. The van der Waals surface area contributed by atoms with E-state index in [1.165, 1.54) is 5.56 Å². The minimum atomic E-state index is -0.0331. The summed E-state index contributed by atoms with van der Waals surface area (Å²) < 4.78 is 0. The Labute approximate surface area is 140 Å². The number of benzene rings is 1. The lowest BCUT2D eigenvalue weighted by Crippen LogP contribution is -2.25. The van der Waals surface area contributed by atoms with E-state index in [1.807, 2.05) is 24.3 Å². The van der Waals surface area contributed by atoms with Crippen LogP contribution in [0, 0.1) is 5.92 Å². The molecule has 1 aromatic rings. The molecule has 2 heteroatoms. The lowest BCUT2D eigenvalue weighted by molar-refractivity contribution is -0.116. The smallest absolute Gasteiger partial charge is 0.243 e. The van der Waals surface area contributed by atoms with E-state index in [0.29, 0.717) is 12.5 Å². The first-order chi connectivity index (χ1) is 11.2. The van der Waals surface area contributed by atoms with Crippen LogP contribution in [0.1, 0.15) is 32.3 Å². The summed E-state index contributed by atoms with van der Waals surface area (Å²) >= 11 is 0. The van der Waals surface area contributed by atoms with E-state index < -0.39 is 0 Å². The van der Waals surface area contributed by atoms with Crippen molar-refractivity contribution in [1.82, 2.24) is 5.32 Å². The number of carbonyl (C=O) groups excluding carboxylic acids is 1. The third-order valence-corrected chi connectivity index (χ3v) is 3.01. The molecule has 0 aromatic heterocycles. The van der Waals surface area contributed by atoms with Gasteiger partial charge in [0.2, 0.25) is 5.91 Å². The van der Waals surface area contributed by atoms with Crippen LogP contribution in [-0.4, -0.2) is 12.5 Å². The minimum absolute atomic E-state index is 0.0331. The number of hydrogen-bond donors (Lipinski definition) is 1. The highest BCUT2D eigenvalue weighted by molar-refractivity contribution is 5.87. The first kappa shape index (κ1) is 18.7. The number of hydrogen-bond acceptors (Lipinski definition) is 1. The van der Waals surface area contributed by atoms with Crippen molar-refractivity contribution in [2.75, 3.05) is 6.54 Å². The second-order valence-corrected chi connectivity index (χ2v) is 5.70. The predicted molar refractivity (Wildman–Crippen MR) is 100.0 cm³/mol. The number of carbonyl (C=O) groups is 1. The fourth-order valence-corrected chi connectivity index (χ4v) is 1.78. The number of nitrogens with one attached hydrogen (secondary N) is 1. The molecule has 0 saturated heterocycles. The molecule has 0 saturated carbocycles. The Hall–Kier alpha value is -2.35. The van der Waals surface area contributed by atoms with E-state index in [9.17, 15) is 4.79 Å². The first-order valence-corrected chi connectivity index (χ1v) is 8.18. The van der Waals surface area contributed by atoms with E-state index in [2.05, 4.69) is 61.7 Å². The van der Waals surface area contributed by atoms with Gasteiger partial charge in [-0.2, -0.15) is 0 Å². The van der Waals surface area contributed by atoms with Crippen LogP contribution in [0.4, 0.5) is 0 Å². The van der Waals surface area contributed by atoms with Gasteiger partial charge in [0.25, 0.3) is 0 Å². The van der Waals surface area contributed by atoms with Crippen LogP contribution < -0.4 is 5.32 Å². The molecular weight excluding hydrogens is 282 g/mol. The predicted octanol–water partition coefficient (Wildman–Crippen LogP) is 4.92. The summed E-state index contributed by atoms with van der Waals surface area (Å²) in [4.78, 5) is 11.4. The highest BCUT2D eigenvalue weighted by Crippen LogP contribution is 2.01. The average Bonchev–Trinajstić information content (AvgIpc) is 2.55. The Morgan fingerprint density at radius 1 is 1.00 bits per heavy atom. The van der Waals surface area contributed by atoms with Crippen molar-refractivity contribution >= 4 is 12.0 Å². The molecule has 0 aliphatic heterocycles. The third kappa shape index (κ3) is 10.9. The Morgan fingerprint density at radius 3 is 2.30 bits per heavy atom. The first-order valence-electron chi connectivity index (χ1n) is 8.18. The van der Waals surface area contributed by atoms with Gasteiger partial charge in [0, 0.05) is 12.6 Å². The molecule has 0 radical (unpaired) electrons. The molecule has 1 aromatic carbocycles. The summed E-state index contributed by atoms with van der Waals surface area (Å²) in [5, 5.41) is 2.84. The molecule has 0 heterocycles. The topological polar surface area (TPSA) is 29.1 Å². The third-order valence-electron chi connectivity index (χ3n) is 3.01. The van der Waals surface area contributed by atoms with Crippen LogP contribution >= 0.6 is 0 Å². The number of unbranched alkanes of at least 4 members (excludes halogenated alkanes) is 1. The standard InChI is InChI=1S/C21H27NO/c1-19(2)18-22-21(23)17-13-8-6-4-3-5-7-10-14-20-15-11-9-12-16-20/h5-17,19H,3-4,18H2,1-2H3,(H,22,23)/b7-5+,8-6+,14-10+,17-13+. The molecule has 1 amide bonds. The van der Waals surface area contributed by atoms with Gasteiger partial charge in [-0.15, -0.1) is 0 Å². The van der Waals surface area contributed by atoms with Crippen molar-refractivity contribution in [1.29, 1.82) is 0 Å². The van der Waals surface area contributed by atoms with Gasteiger partial charge in [-0.3, -0.25) is 4.79 Å². The van der Waals surface area contributed by atoms with Crippen LogP contribution in [0.15, 0.2) is 72.9 Å².